The Labute approximate surface area is 108 Å². The van der Waals surface area contributed by atoms with E-state index in [1.807, 2.05) is 55.3 Å². The molecule has 0 aliphatic rings. The minimum absolute atomic E-state index is 0.166. The van der Waals surface area contributed by atoms with Crippen LogP contribution in [0.4, 0.5) is 0 Å². The van der Waals surface area contributed by atoms with E-state index >= 15 is 0 Å². The first-order valence-corrected chi connectivity index (χ1v) is 5.62. The van der Waals surface area contributed by atoms with Gasteiger partial charge in [0.2, 0.25) is 0 Å². The number of rotatable bonds is 5. The molecular formula is C16H16O2. The molecule has 0 spiro atoms. The quantitative estimate of drug-likeness (QED) is 0.342. The molecule has 0 radical (unpaired) electrons. The smallest absolute Gasteiger partial charge is 0.384 e. The summed E-state index contributed by atoms with van der Waals surface area (Å²) in [7, 11) is 0. The Bertz CT molecular complexity index is 480. The minimum atomic E-state index is -0.653. The number of carbonyl (C=O) groups excluding carboxylic acids is 1. The lowest BCUT2D eigenvalue weighted by atomic mass is 9.82. The number of ether oxygens (including phenoxy) is 1. The third-order valence-corrected chi connectivity index (χ3v) is 2.71. The highest BCUT2D eigenvalue weighted by molar-refractivity contribution is 5.87. The summed E-state index contributed by atoms with van der Waals surface area (Å²) in [5.74, 6) is 1.24. The molecule has 1 rings (SSSR count). The Morgan fingerprint density at radius 2 is 2.17 bits per heavy atom. The number of esters is 1. The fourth-order valence-corrected chi connectivity index (χ4v) is 1.54. The average Bonchev–Trinajstić information content (AvgIpc) is 2.44. The van der Waals surface area contributed by atoms with Gasteiger partial charge >= 0.3 is 5.97 Å². The molecule has 0 aromatic heterocycles. The van der Waals surface area contributed by atoms with Crippen molar-refractivity contribution in [3.8, 4) is 12.3 Å². The zero-order valence-corrected chi connectivity index (χ0v) is 10.4. The van der Waals surface area contributed by atoms with Gasteiger partial charge in [-0.1, -0.05) is 48.6 Å². The molecule has 2 nitrogen and oxygen atoms in total. The second-order valence-electron chi connectivity index (χ2n) is 4.00. The van der Waals surface area contributed by atoms with Crippen molar-refractivity contribution in [1.29, 1.82) is 0 Å². The van der Waals surface area contributed by atoms with E-state index in [2.05, 4.69) is 6.58 Å². The lowest BCUT2D eigenvalue weighted by molar-refractivity contribution is -0.135. The lowest BCUT2D eigenvalue weighted by Crippen LogP contribution is -2.15. The van der Waals surface area contributed by atoms with Gasteiger partial charge in [0.25, 0.3) is 0 Å². The van der Waals surface area contributed by atoms with Crippen molar-refractivity contribution in [3.63, 3.8) is 0 Å². The van der Waals surface area contributed by atoms with E-state index in [9.17, 15) is 4.79 Å². The van der Waals surface area contributed by atoms with E-state index in [-0.39, 0.29) is 12.0 Å². The summed E-state index contributed by atoms with van der Waals surface area (Å²) in [6.07, 6.45) is 10.5. The van der Waals surface area contributed by atoms with Crippen molar-refractivity contribution < 1.29 is 9.53 Å². The van der Waals surface area contributed by atoms with Crippen molar-refractivity contribution in [3.05, 3.63) is 60.7 Å². The van der Waals surface area contributed by atoms with Gasteiger partial charge in [-0.05, 0) is 12.5 Å². The Morgan fingerprint density at radius 1 is 1.50 bits per heavy atom. The van der Waals surface area contributed by atoms with Crippen LogP contribution in [0.2, 0.25) is 0 Å². The summed E-state index contributed by atoms with van der Waals surface area (Å²) in [4.78, 5) is 10.8. The predicted molar refractivity (Wildman–Crippen MR) is 72.9 cm³/mol. The highest BCUT2D eigenvalue weighted by Crippen LogP contribution is 2.26. The third-order valence-electron chi connectivity index (χ3n) is 2.71. The van der Waals surface area contributed by atoms with E-state index in [1.54, 1.807) is 6.08 Å². The van der Waals surface area contributed by atoms with Crippen molar-refractivity contribution in [2.24, 2.45) is 0 Å². The summed E-state index contributed by atoms with van der Waals surface area (Å²) in [5.41, 5.74) is 0.837. The highest BCUT2D eigenvalue weighted by atomic mass is 16.5. The molecule has 0 bridgehead atoms. The van der Waals surface area contributed by atoms with Crippen LogP contribution in [0, 0.1) is 12.3 Å². The zero-order valence-electron chi connectivity index (χ0n) is 10.4. The van der Waals surface area contributed by atoms with Gasteiger partial charge in [0.05, 0.1) is 0 Å². The average molecular weight is 240 g/mol. The van der Waals surface area contributed by atoms with Crippen LogP contribution in [0.1, 0.15) is 12.5 Å². The molecule has 0 saturated heterocycles. The highest BCUT2D eigenvalue weighted by Gasteiger charge is 2.18. The van der Waals surface area contributed by atoms with Gasteiger partial charge in [-0.15, -0.1) is 13.0 Å². The van der Waals surface area contributed by atoms with Crippen molar-refractivity contribution in [1.82, 2.24) is 0 Å². The third kappa shape index (κ3) is 3.64. The standard InChI is InChI=1S/C16H16O2/c1-4-15(17)18-13-9-12-16(3,5-2)14-10-7-6-8-11-14/h1,5-12H,2,13H2,3H3/b12-9+/t16-/m0/s1. The van der Waals surface area contributed by atoms with E-state index in [4.69, 9.17) is 11.2 Å². The van der Waals surface area contributed by atoms with Crippen LogP contribution in [0.5, 0.6) is 0 Å². The van der Waals surface area contributed by atoms with Crippen LogP contribution in [-0.4, -0.2) is 12.6 Å². The molecular weight excluding hydrogens is 224 g/mol. The Balaban J connectivity index is 2.73. The minimum Gasteiger partial charge on any atom is -0.452 e. The monoisotopic (exact) mass is 240 g/mol. The molecule has 1 atom stereocenters. The van der Waals surface area contributed by atoms with Crippen LogP contribution in [0.15, 0.2) is 55.1 Å². The predicted octanol–water partition coefficient (Wildman–Crippen LogP) is 2.86. The fraction of sp³-hybridized carbons (Fsp3) is 0.188. The van der Waals surface area contributed by atoms with Crippen LogP contribution in [0.3, 0.4) is 0 Å². The first kappa shape index (κ1) is 13.8. The molecule has 0 unspecified atom stereocenters. The molecule has 2 heteroatoms. The van der Waals surface area contributed by atoms with Gasteiger partial charge in [-0.3, -0.25) is 0 Å². The lowest BCUT2D eigenvalue weighted by Gasteiger charge is -2.22. The summed E-state index contributed by atoms with van der Waals surface area (Å²) in [5, 5.41) is 0. The second-order valence-corrected chi connectivity index (χ2v) is 4.00. The molecule has 92 valence electrons. The second kappa shape index (κ2) is 6.46. The maximum absolute atomic E-state index is 10.8. The summed E-state index contributed by atoms with van der Waals surface area (Å²) < 4.78 is 4.77. The number of terminal acetylenes is 1. The van der Waals surface area contributed by atoms with E-state index in [0.29, 0.717) is 0 Å². The van der Waals surface area contributed by atoms with E-state index < -0.39 is 5.97 Å². The zero-order chi connectivity index (χ0) is 13.4. The van der Waals surface area contributed by atoms with Crippen LogP contribution in [0.25, 0.3) is 0 Å². The number of carbonyl (C=O) groups is 1. The van der Waals surface area contributed by atoms with Crippen LogP contribution >= 0.6 is 0 Å². The van der Waals surface area contributed by atoms with Crippen LogP contribution < -0.4 is 0 Å². The van der Waals surface area contributed by atoms with E-state index in [0.717, 1.165) is 5.56 Å². The first-order chi connectivity index (χ1) is 8.62. The van der Waals surface area contributed by atoms with Gasteiger partial charge in [-0.25, -0.2) is 4.79 Å². The molecule has 0 heterocycles. The molecule has 1 aromatic carbocycles. The van der Waals surface area contributed by atoms with Gasteiger partial charge in [-0.2, -0.15) is 0 Å². The molecule has 0 saturated carbocycles. The van der Waals surface area contributed by atoms with E-state index in [1.165, 1.54) is 0 Å². The SMILES string of the molecule is C#CC(=O)OC/C=C/[C@](C)(C=C)c1ccccc1. The maximum atomic E-state index is 10.8. The number of hydrogen-bond acceptors (Lipinski definition) is 2. The summed E-state index contributed by atoms with van der Waals surface area (Å²) in [6.45, 7) is 6.05. The normalized spacial score (nSPS) is 13.6. The maximum Gasteiger partial charge on any atom is 0.384 e. The van der Waals surface area contributed by atoms with Gasteiger partial charge < -0.3 is 4.74 Å². The first-order valence-electron chi connectivity index (χ1n) is 5.62. The topological polar surface area (TPSA) is 26.3 Å². The molecule has 0 fully saturated rings. The largest absolute Gasteiger partial charge is 0.452 e. The number of allylic oxidation sites excluding steroid dienone is 2. The van der Waals surface area contributed by atoms with Crippen molar-refractivity contribution in [2.75, 3.05) is 6.61 Å². The number of benzene rings is 1. The molecule has 0 N–H and O–H groups in total. The Kier molecular flexibility index (Phi) is 4.95. The molecule has 18 heavy (non-hydrogen) atoms. The van der Waals surface area contributed by atoms with Gasteiger partial charge in [0, 0.05) is 11.3 Å². The van der Waals surface area contributed by atoms with Crippen molar-refractivity contribution >= 4 is 5.97 Å². The van der Waals surface area contributed by atoms with Gasteiger partial charge in [0.15, 0.2) is 0 Å². The molecule has 0 amide bonds. The number of hydrogen-bond donors (Lipinski definition) is 0. The molecule has 0 aliphatic heterocycles. The summed E-state index contributed by atoms with van der Waals surface area (Å²) in [6, 6.07) is 9.97. The fourth-order valence-electron chi connectivity index (χ4n) is 1.54. The summed E-state index contributed by atoms with van der Waals surface area (Å²) >= 11 is 0. The van der Waals surface area contributed by atoms with Crippen LogP contribution in [-0.2, 0) is 14.9 Å². The van der Waals surface area contributed by atoms with Gasteiger partial charge in [0.1, 0.15) is 6.61 Å². The molecule has 1 aromatic rings. The Morgan fingerprint density at radius 3 is 2.72 bits per heavy atom. The molecule has 0 aliphatic carbocycles. The van der Waals surface area contributed by atoms with Crippen molar-refractivity contribution in [2.45, 2.75) is 12.3 Å². The Hall–Kier alpha value is -2.27.